The summed E-state index contributed by atoms with van der Waals surface area (Å²) in [4.78, 5) is 50.8. The lowest BCUT2D eigenvalue weighted by molar-refractivity contribution is -0.137. The highest BCUT2D eigenvalue weighted by Crippen LogP contribution is 2.28. The van der Waals surface area contributed by atoms with Gasteiger partial charge in [-0.25, -0.2) is 19.2 Å². The van der Waals surface area contributed by atoms with Crippen LogP contribution in [0.2, 0.25) is 0 Å². The standard InChI is InChI=1S/C45H56O12/c1-4-42(46)54-32-16-10-11-17-33-55-45(49)40-34-39(56-43(47)35-18-22-37(23-19-35)53-31-15-9-7-13-29-51-5-2)26-27-41(40)57-44(48)36-20-24-38(25-21-36)52-30-14-8-6-12-28-50-3/h4-5,18-27,34H,1-2,6-17,28-33H2,3H3. The summed E-state index contributed by atoms with van der Waals surface area (Å²) in [5.41, 5.74) is 0.433. The Bertz CT molecular complexity index is 1670. The maximum Gasteiger partial charge on any atom is 0.343 e. The van der Waals surface area contributed by atoms with Crippen molar-refractivity contribution in [2.24, 2.45) is 0 Å². The Morgan fingerprint density at radius 3 is 1.51 bits per heavy atom. The number of benzene rings is 3. The topological polar surface area (TPSA) is 142 Å². The zero-order valence-corrected chi connectivity index (χ0v) is 33.0. The van der Waals surface area contributed by atoms with Crippen molar-refractivity contribution in [1.29, 1.82) is 0 Å². The Labute approximate surface area is 336 Å². The summed E-state index contributed by atoms with van der Waals surface area (Å²) in [5, 5.41) is 0. The SMILES string of the molecule is C=COCCCCCCOc1ccc(C(=O)Oc2ccc(OC(=O)c3ccc(OCCCCCCOC)cc3)c(C(=O)OCCCCCCOC(=O)C=C)c2)cc1. The second-order valence-electron chi connectivity index (χ2n) is 13.0. The van der Waals surface area contributed by atoms with Crippen LogP contribution in [0.15, 0.2) is 92.2 Å². The molecule has 0 aromatic heterocycles. The Morgan fingerprint density at radius 2 is 0.982 bits per heavy atom. The molecule has 0 radical (unpaired) electrons. The van der Waals surface area contributed by atoms with Gasteiger partial charge in [-0.3, -0.25) is 0 Å². The minimum absolute atomic E-state index is 0.0554. The van der Waals surface area contributed by atoms with Gasteiger partial charge >= 0.3 is 23.9 Å². The van der Waals surface area contributed by atoms with Gasteiger partial charge in [-0.15, -0.1) is 0 Å². The van der Waals surface area contributed by atoms with Gasteiger partial charge in [0.15, 0.2) is 0 Å². The van der Waals surface area contributed by atoms with Crippen LogP contribution >= 0.6 is 0 Å². The quantitative estimate of drug-likeness (QED) is 0.0209. The summed E-state index contributed by atoms with van der Waals surface area (Å²) in [6.45, 7) is 9.78. The minimum Gasteiger partial charge on any atom is -0.502 e. The van der Waals surface area contributed by atoms with Gasteiger partial charge in [-0.05, 0) is 137 Å². The molecule has 0 atom stereocenters. The van der Waals surface area contributed by atoms with E-state index in [1.807, 2.05) is 0 Å². The third-order valence-corrected chi connectivity index (χ3v) is 8.50. The normalized spacial score (nSPS) is 10.5. The van der Waals surface area contributed by atoms with E-state index in [1.54, 1.807) is 55.6 Å². The fraction of sp³-hybridized carbons (Fsp3) is 0.422. The molecule has 12 nitrogen and oxygen atoms in total. The number of methoxy groups -OCH3 is 1. The average molecular weight is 789 g/mol. The van der Waals surface area contributed by atoms with Crippen LogP contribution in [0.25, 0.3) is 0 Å². The van der Waals surface area contributed by atoms with Crippen LogP contribution in [0.3, 0.4) is 0 Å². The van der Waals surface area contributed by atoms with Crippen LogP contribution in [0.5, 0.6) is 23.0 Å². The van der Waals surface area contributed by atoms with Crippen molar-refractivity contribution in [1.82, 2.24) is 0 Å². The van der Waals surface area contributed by atoms with Crippen molar-refractivity contribution >= 4 is 23.9 Å². The van der Waals surface area contributed by atoms with Gasteiger partial charge in [-0.2, -0.15) is 0 Å². The number of hydrogen-bond acceptors (Lipinski definition) is 12. The molecule has 0 amide bonds. The molecule has 3 rings (SSSR count). The van der Waals surface area contributed by atoms with Crippen molar-refractivity contribution in [2.75, 3.05) is 46.8 Å². The Balaban J connectivity index is 1.60. The number of unbranched alkanes of at least 4 members (excludes halogenated alkanes) is 9. The first-order chi connectivity index (χ1) is 27.8. The third kappa shape index (κ3) is 18.7. The molecular formula is C45H56O12. The number of esters is 4. The van der Waals surface area contributed by atoms with E-state index < -0.39 is 23.9 Å². The number of carbonyl (C=O) groups excluding carboxylic acids is 4. The van der Waals surface area contributed by atoms with Crippen LogP contribution < -0.4 is 18.9 Å². The lowest BCUT2D eigenvalue weighted by atomic mass is 10.1. The molecule has 3 aromatic carbocycles. The van der Waals surface area contributed by atoms with Crippen molar-refractivity contribution in [2.45, 2.75) is 77.0 Å². The van der Waals surface area contributed by atoms with E-state index in [0.29, 0.717) is 44.2 Å². The van der Waals surface area contributed by atoms with Crippen LogP contribution in [-0.2, 0) is 23.7 Å². The fourth-order valence-electron chi connectivity index (χ4n) is 5.36. The molecule has 0 fully saturated rings. The molecule has 0 aliphatic rings. The third-order valence-electron chi connectivity index (χ3n) is 8.50. The zero-order valence-electron chi connectivity index (χ0n) is 33.0. The minimum atomic E-state index is -0.756. The van der Waals surface area contributed by atoms with E-state index in [0.717, 1.165) is 76.9 Å². The largest absolute Gasteiger partial charge is 0.502 e. The van der Waals surface area contributed by atoms with Crippen molar-refractivity contribution in [3.63, 3.8) is 0 Å². The molecule has 308 valence electrons. The molecule has 0 N–H and O–H groups in total. The first-order valence-electron chi connectivity index (χ1n) is 19.6. The summed E-state index contributed by atoms with van der Waals surface area (Å²) in [6.07, 6.45) is 13.2. The first kappa shape index (κ1) is 45.8. The molecule has 12 heteroatoms. The van der Waals surface area contributed by atoms with E-state index in [-0.39, 0.29) is 41.4 Å². The van der Waals surface area contributed by atoms with E-state index >= 15 is 0 Å². The molecule has 0 aliphatic heterocycles. The second-order valence-corrected chi connectivity index (χ2v) is 13.0. The second kappa shape index (κ2) is 27.9. The highest BCUT2D eigenvalue weighted by Gasteiger charge is 2.21. The monoisotopic (exact) mass is 788 g/mol. The first-order valence-corrected chi connectivity index (χ1v) is 19.6. The highest BCUT2D eigenvalue weighted by molar-refractivity contribution is 5.97. The van der Waals surface area contributed by atoms with Crippen LogP contribution in [0.4, 0.5) is 0 Å². The lowest BCUT2D eigenvalue weighted by Gasteiger charge is -2.13. The highest BCUT2D eigenvalue weighted by atomic mass is 16.6. The molecule has 0 bridgehead atoms. The Morgan fingerprint density at radius 1 is 0.509 bits per heavy atom. The van der Waals surface area contributed by atoms with Gasteiger partial charge in [-0.1, -0.05) is 19.6 Å². The number of carbonyl (C=O) groups is 4. The van der Waals surface area contributed by atoms with Crippen molar-refractivity contribution in [3.05, 3.63) is 109 Å². The molecule has 0 aliphatic carbocycles. The summed E-state index contributed by atoms with van der Waals surface area (Å²) >= 11 is 0. The van der Waals surface area contributed by atoms with E-state index in [4.69, 9.17) is 37.9 Å². The lowest BCUT2D eigenvalue weighted by Crippen LogP contribution is -2.15. The molecule has 0 saturated carbocycles. The van der Waals surface area contributed by atoms with Crippen LogP contribution in [-0.4, -0.2) is 70.6 Å². The predicted octanol–water partition coefficient (Wildman–Crippen LogP) is 9.26. The van der Waals surface area contributed by atoms with Gasteiger partial charge in [0.05, 0.1) is 50.4 Å². The van der Waals surface area contributed by atoms with Crippen LogP contribution in [0, 0.1) is 0 Å². The van der Waals surface area contributed by atoms with Crippen molar-refractivity contribution < 1.29 is 57.1 Å². The van der Waals surface area contributed by atoms with E-state index in [2.05, 4.69) is 13.2 Å². The smallest absolute Gasteiger partial charge is 0.343 e. The number of hydrogen-bond donors (Lipinski definition) is 0. The van der Waals surface area contributed by atoms with E-state index in [1.165, 1.54) is 24.5 Å². The number of rotatable bonds is 30. The van der Waals surface area contributed by atoms with E-state index in [9.17, 15) is 19.2 Å². The fourth-order valence-corrected chi connectivity index (χ4v) is 5.36. The molecule has 0 saturated heterocycles. The van der Waals surface area contributed by atoms with Gasteiger partial charge in [0.25, 0.3) is 0 Å². The zero-order chi connectivity index (χ0) is 40.9. The van der Waals surface area contributed by atoms with Crippen LogP contribution in [0.1, 0.15) is 108 Å². The summed E-state index contributed by atoms with van der Waals surface area (Å²) in [6, 6.07) is 17.2. The van der Waals surface area contributed by atoms with Gasteiger partial charge in [0.2, 0.25) is 0 Å². The van der Waals surface area contributed by atoms with Crippen molar-refractivity contribution in [3.8, 4) is 23.0 Å². The molecule has 3 aromatic rings. The molecule has 57 heavy (non-hydrogen) atoms. The summed E-state index contributed by atoms with van der Waals surface area (Å²) in [7, 11) is 1.69. The molecular weight excluding hydrogens is 732 g/mol. The Kier molecular flexibility index (Phi) is 22.4. The number of ether oxygens (including phenoxy) is 8. The maximum absolute atomic E-state index is 13.3. The predicted molar refractivity (Wildman–Crippen MR) is 215 cm³/mol. The maximum atomic E-state index is 13.3. The molecule has 0 unspecified atom stereocenters. The summed E-state index contributed by atoms with van der Waals surface area (Å²) < 4.78 is 43.6. The Hall–Kier alpha value is -5.62. The van der Waals surface area contributed by atoms with Gasteiger partial charge in [0, 0.05) is 19.8 Å². The molecule has 0 spiro atoms. The van der Waals surface area contributed by atoms with Gasteiger partial charge in [0.1, 0.15) is 28.6 Å². The molecule has 0 heterocycles. The average Bonchev–Trinajstić information content (AvgIpc) is 3.23. The summed E-state index contributed by atoms with van der Waals surface area (Å²) in [5.74, 6) is -1.34. The van der Waals surface area contributed by atoms with Gasteiger partial charge < -0.3 is 37.9 Å².